The minimum absolute atomic E-state index is 0.136. The van der Waals surface area contributed by atoms with Gasteiger partial charge >= 0.3 is 5.97 Å². The number of rotatable bonds is 1. The molecule has 2 rings (SSSR count). The predicted octanol–water partition coefficient (Wildman–Crippen LogP) is 0.463. The second-order valence-electron chi connectivity index (χ2n) is 3.61. The number of hydrogen-bond acceptors (Lipinski definition) is 3. The number of aromatic nitrogens is 2. The summed E-state index contributed by atoms with van der Waals surface area (Å²) in [5.41, 5.74) is 0.136. The molecule has 1 aliphatic heterocycles. The third kappa shape index (κ3) is 1.63. The first-order chi connectivity index (χ1) is 6.66. The summed E-state index contributed by atoms with van der Waals surface area (Å²) >= 11 is 0. The third-order valence-corrected chi connectivity index (χ3v) is 2.49. The highest BCUT2D eigenvalue weighted by molar-refractivity contribution is 5.85. The molecule has 0 saturated carbocycles. The van der Waals surface area contributed by atoms with E-state index in [4.69, 9.17) is 5.11 Å². The molecule has 0 aromatic carbocycles. The fourth-order valence-electron chi connectivity index (χ4n) is 1.59. The molecule has 1 unspecified atom stereocenters. The van der Waals surface area contributed by atoms with Crippen molar-refractivity contribution in [2.45, 2.75) is 32.5 Å². The molecule has 14 heavy (non-hydrogen) atoms. The van der Waals surface area contributed by atoms with E-state index in [0.29, 0.717) is 12.6 Å². The summed E-state index contributed by atoms with van der Waals surface area (Å²) in [5.74, 6) is -0.148. The molecule has 0 saturated heterocycles. The largest absolute Gasteiger partial charge is 0.476 e. The van der Waals surface area contributed by atoms with Gasteiger partial charge in [0.05, 0.1) is 6.54 Å². The minimum Gasteiger partial charge on any atom is -0.476 e. The van der Waals surface area contributed by atoms with E-state index in [1.54, 1.807) is 6.20 Å². The number of carbonyl (C=O) groups is 1. The average molecular weight is 195 g/mol. The highest BCUT2D eigenvalue weighted by atomic mass is 16.4. The van der Waals surface area contributed by atoms with Crippen molar-refractivity contribution in [3.8, 4) is 0 Å². The molecular formula is C9H13N3O2. The minimum atomic E-state index is -0.960. The van der Waals surface area contributed by atoms with Gasteiger partial charge in [0, 0.05) is 18.8 Å². The van der Waals surface area contributed by atoms with Crippen LogP contribution in [0.2, 0.25) is 0 Å². The summed E-state index contributed by atoms with van der Waals surface area (Å²) in [6.45, 7) is 3.60. The van der Waals surface area contributed by atoms with E-state index in [1.807, 2.05) is 4.57 Å². The lowest BCUT2D eigenvalue weighted by atomic mass is 10.2. The average Bonchev–Trinajstić information content (AvgIpc) is 2.48. The van der Waals surface area contributed by atoms with Gasteiger partial charge in [0.1, 0.15) is 5.82 Å². The molecule has 0 amide bonds. The molecule has 5 nitrogen and oxygen atoms in total. The van der Waals surface area contributed by atoms with Crippen LogP contribution in [-0.2, 0) is 13.1 Å². The van der Waals surface area contributed by atoms with E-state index in [1.165, 1.54) is 0 Å². The lowest BCUT2D eigenvalue weighted by Gasteiger charge is -2.06. The van der Waals surface area contributed by atoms with Crippen molar-refractivity contribution in [3.05, 3.63) is 17.7 Å². The number of carboxylic acids is 1. The molecule has 0 aliphatic carbocycles. The fourth-order valence-corrected chi connectivity index (χ4v) is 1.59. The molecule has 2 heterocycles. The van der Waals surface area contributed by atoms with Crippen LogP contribution < -0.4 is 5.32 Å². The first-order valence-corrected chi connectivity index (χ1v) is 4.69. The third-order valence-electron chi connectivity index (χ3n) is 2.49. The van der Waals surface area contributed by atoms with E-state index in [-0.39, 0.29) is 5.69 Å². The first kappa shape index (κ1) is 9.21. The van der Waals surface area contributed by atoms with Gasteiger partial charge < -0.3 is 15.0 Å². The molecule has 0 bridgehead atoms. The maximum Gasteiger partial charge on any atom is 0.356 e. The zero-order valence-electron chi connectivity index (χ0n) is 8.03. The lowest BCUT2D eigenvalue weighted by Crippen LogP contribution is -2.23. The van der Waals surface area contributed by atoms with Gasteiger partial charge in [0.25, 0.3) is 0 Å². The normalized spacial score (nSPS) is 21.4. The Morgan fingerprint density at radius 2 is 2.57 bits per heavy atom. The van der Waals surface area contributed by atoms with E-state index in [2.05, 4.69) is 17.2 Å². The molecule has 5 heteroatoms. The van der Waals surface area contributed by atoms with Crippen molar-refractivity contribution in [2.24, 2.45) is 0 Å². The number of fused-ring (bicyclic) bond motifs is 1. The number of aromatic carboxylic acids is 1. The fraction of sp³-hybridized carbons (Fsp3) is 0.556. The van der Waals surface area contributed by atoms with Gasteiger partial charge in [0.2, 0.25) is 0 Å². The van der Waals surface area contributed by atoms with Crippen LogP contribution in [0.4, 0.5) is 0 Å². The van der Waals surface area contributed by atoms with Crippen LogP contribution >= 0.6 is 0 Å². The van der Waals surface area contributed by atoms with Crippen LogP contribution in [0.25, 0.3) is 0 Å². The van der Waals surface area contributed by atoms with Crippen molar-refractivity contribution < 1.29 is 9.90 Å². The van der Waals surface area contributed by atoms with E-state index >= 15 is 0 Å². The van der Waals surface area contributed by atoms with Crippen LogP contribution in [0.15, 0.2) is 6.20 Å². The second kappa shape index (κ2) is 3.42. The molecule has 0 radical (unpaired) electrons. The zero-order chi connectivity index (χ0) is 10.1. The Hall–Kier alpha value is -1.36. The summed E-state index contributed by atoms with van der Waals surface area (Å²) in [6, 6.07) is 0.463. The first-order valence-electron chi connectivity index (χ1n) is 4.69. The van der Waals surface area contributed by atoms with Gasteiger partial charge in [-0.1, -0.05) is 0 Å². The van der Waals surface area contributed by atoms with Gasteiger partial charge in [-0.15, -0.1) is 0 Å². The number of carboxylic acid groups (broad SMARTS) is 1. The Kier molecular flexibility index (Phi) is 2.25. The van der Waals surface area contributed by atoms with E-state index < -0.39 is 5.97 Å². The summed E-state index contributed by atoms with van der Waals surface area (Å²) in [6.07, 6.45) is 2.61. The van der Waals surface area contributed by atoms with Crippen molar-refractivity contribution in [1.82, 2.24) is 14.9 Å². The van der Waals surface area contributed by atoms with Gasteiger partial charge in [-0.05, 0) is 13.3 Å². The number of imidazole rings is 1. The second-order valence-corrected chi connectivity index (χ2v) is 3.61. The van der Waals surface area contributed by atoms with Crippen molar-refractivity contribution >= 4 is 5.97 Å². The Morgan fingerprint density at radius 1 is 1.79 bits per heavy atom. The van der Waals surface area contributed by atoms with Crippen LogP contribution in [0, 0.1) is 0 Å². The summed E-state index contributed by atoms with van der Waals surface area (Å²) in [4.78, 5) is 14.7. The summed E-state index contributed by atoms with van der Waals surface area (Å²) in [7, 11) is 0. The molecule has 2 N–H and O–H groups in total. The van der Waals surface area contributed by atoms with Crippen molar-refractivity contribution in [1.29, 1.82) is 0 Å². The number of nitrogens with zero attached hydrogens (tertiary/aromatic N) is 2. The zero-order valence-corrected chi connectivity index (χ0v) is 8.03. The molecule has 1 aliphatic rings. The Morgan fingerprint density at radius 3 is 3.29 bits per heavy atom. The standard InChI is InChI=1S/C9H13N3O2/c1-6-2-3-12-5-7(9(13)14)11-8(12)4-10-6/h5-6,10H,2-4H2,1H3,(H,13,14). The monoisotopic (exact) mass is 195 g/mol. The van der Waals surface area contributed by atoms with E-state index in [9.17, 15) is 4.79 Å². The highest BCUT2D eigenvalue weighted by Gasteiger charge is 2.16. The van der Waals surface area contributed by atoms with Gasteiger partial charge in [0.15, 0.2) is 5.69 Å². The van der Waals surface area contributed by atoms with Gasteiger partial charge in [-0.3, -0.25) is 0 Å². The smallest absolute Gasteiger partial charge is 0.356 e. The van der Waals surface area contributed by atoms with Crippen LogP contribution in [0.1, 0.15) is 29.7 Å². The maximum atomic E-state index is 10.7. The Bertz CT molecular complexity index is 333. The van der Waals surface area contributed by atoms with Gasteiger partial charge in [-0.25, -0.2) is 9.78 Å². The van der Waals surface area contributed by atoms with E-state index in [0.717, 1.165) is 18.8 Å². The van der Waals surface area contributed by atoms with Gasteiger partial charge in [-0.2, -0.15) is 0 Å². The molecule has 1 atom stereocenters. The lowest BCUT2D eigenvalue weighted by molar-refractivity contribution is 0.0690. The molecule has 1 aromatic heterocycles. The van der Waals surface area contributed by atoms with Crippen LogP contribution in [0.3, 0.4) is 0 Å². The SMILES string of the molecule is CC1CCn2cc(C(=O)O)nc2CN1. The molecule has 0 fully saturated rings. The molecular weight excluding hydrogens is 182 g/mol. The summed E-state index contributed by atoms with van der Waals surface area (Å²) < 4.78 is 1.92. The highest BCUT2D eigenvalue weighted by Crippen LogP contribution is 2.10. The van der Waals surface area contributed by atoms with Crippen LogP contribution in [-0.4, -0.2) is 26.7 Å². The molecule has 76 valence electrons. The predicted molar refractivity (Wildman–Crippen MR) is 50.1 cm³/mol. The van der Waals surface area contributed by atoms with Crippen molar-refractivity contribution in [2.75, 3.05) is 0 Å². The quantitative estimate of drug-likeness (QED) is 0.683. The number of hydrogen-bond donors (Lipinski definition) is 2. The summed E-state index contributed by atoms with van der Waals surface area (Å²) in [5, 5.41) is 12.0. The number of aryl methyl sites for hydroxylation is 1. The molecule has 1 aromatic rings. The van der Waals surface area contributed by atoms with Crippen LogP contribution in [0.5, 0.6) is 0 Å². The Labute approximate surface area is 81.8 Å². The topological polar surface area (TPSA) is 67.2 Å². The maximum absolute atomic E-state index is 10.7. The van der Waals surface area contributed by atoms with Crippen molar-refractivity contribution in [3.63, 3.8) is 0 Å². The number of nitrogens with one attached hydrogen (secondary N) is 1. The molecule has 0 spiro atoms. The Balaban J connectivity index is 2.26.